The number of hydrogen-bond donors (Lipinski definition) is 6. The molecule has 1 saturated heterocycles. The van der Waals surface area contributed by atoms with E-state index in [1.165, 1.54) is 167 Å². The number of ether oxygens (including phenoxy) is 2. The van der Waals surface area contributed by atoms with Crippen molar-refractivity contribution >= 4 is 5.91 Å². The average Bonchev–Trinajstić information content (AvgIpc) is 3.27. The number of allylic oxidation sites excluding steroid dienone is 5. The second-order valence-electron chi connectivity index (χ2n) is 18.3. The van der Waals surface area contributed by atoms with Crippen LogP contribution in [-0.2, 0) is 14.3 Å². The van der Waals surface area contributed by atoms with Crippen molar-refractivity contribution in [1.82, 2.24) is 5.32 Å². The fraction of sp³-hybridized carbons (Fsp3) is 0.868. The molecule has 0 spiro atoms. The first-order valence-corrected chi connectivity index (χ1v) is 26.2. The fourth-order valence-electron chi connectivity index (χ4n) is 8.23. The van der Waals surface area contributed by atoms with E-state index in [2.05, 4.69) is 43.5 Å². The molecule has 364 valence electrons. The van der Waals surface area contributed by atoms with Gasteiger partial charge in [0, 0.05) is 6.42 Å². The van der Waals surface area contributed by atoms with E-state index in [0.717, 1.165) is 51.4 Å². The first kappa shape index (κ1) is 58.4. The van der Waals surface area contributed by atoms with Crippen molar-refractivity contribution < 1.29 is 39.8 Å². The molecule has 7 atom stereocenters. The van der Waals surface area contributed by atoms with Crippen molar-refractivity contribution in [2.24, 2.45) is 0 Å². The van der Waals surface area contributed by atoms with E-state index in [1.807, 2.05) is 6.08 Å². The van der Waals surface area contributed by atoms with Crippen LogP contribution in [0.25, 0.3) is 0 Å². The molecule has 0 radical (unpaired) electrons. The predicted octanol–water partition coefficient (Wildman–Crippen LogP) is 12.0. The molecule has 1 rings (SSSR count). The van der Waals surface area contributed by atoms with Crippen molar-refractivity contribution in [3.05, 3.63) is 36.5 Å². The van der Waals surface area contributed by atoms with E-state index in [4.69, 9.17) is 9.47 Å². The van der Waals surface area contributed by atoms with E-state index >= 15 is 0 Å². The molecule has 0 aromatic rings. The number of amides is 1. The van der Waals surface area contributed by atoms with Gasteiger partial charge in [0.05, 0.1) is 25.4 Å². The van der Waals surface area contributed by atoms with Gasteiger partial charge in [-0.25, -0.2) is 0 Å². The highest BCUT2D eigenvalue weighted by molar-refractivity contribution is 5.76. The van der Waals surface area contributed by atoms with E-state index in [9.17, 15) is 30.3 Å². The van der Waals surface area contributed by atoms with Crippen LogP contribution in [0, 0.1) is 0 Å². The van der Waals surface area contributed by atoms with Gasteiger partial charge in [-0.05, 0) is 57.8 Å². The average molecular weight is 878 g/mol. The smallest absolute Gasteiger partial charge is 0.220 e. The Morgan fingerprint density at radius 2 is 0.919 bits per heavy atom. The van der Waals surface area contributed by atoms with E-state index in [0.29, 0.717) is 6.42 Å². The van der Waals surface area contributed by atoms with Gasteiger partial charge in [-0.2, -0.15) is 0 Å². The molecule has 6 N–H and O–H groups in total. The molecule has 1 amide bonds. The summed E-state index contributed by atoms with van der Waals surface area (Å²) in [6.07, 6.45) is 47.7. The van der Waals surface area contributed by atoms with Gasteiger partial charge in [0.2, 0.25) is 5.91 Å². The second-order valence-corrected chi connectivity index (χ2v) is 18.3. The quantitative estimate of drug-likeness (QED) is 0.0262. The van der Waals surface area contributed by atoms with E-state index < -0.39 is 49.5 Å². The summed E-state index contributed by atoms with van der Waals surface area (Å²) in [5, 5.41) is 54.3. The number of aliphatic hydroxyl groups is 5. The van der Waals surface area contributed by atoms with E-state index in [1.54, 1.807) is 6.08 Å². The van der Waals surface area contributed by atoms with Crippen molar-refractivity contribution in [3.8, 4) is 0 Å². The Bertz CT molecular complexity index is 1070. The van der Waals surface area contributed by atoms with Crippen LogP contribution in [0.1, 0.15) is 239 Å². The van der Waals surface area contributed by atoms with Gasteiger partial charge in [0.15, 0.2) is 6.29 Å². The summed E-state index contributed by atoms with van der Waals surface area (Å²) in [5.41, 5.74) is 0. The zero-order valence-corrected chi connectivity index (χ0v) is 40.1. The molecule has 7 unspecified atom stereocenters. The normalized spacial score (nSPS) is 20.5. The van der Waals surface area contributed by atoms with Gasteiger partial charge in [-0.15, -0.1) is 0 Å². The summed E-state index contributed by atoms with van der Waals surface area (Å²) in [6.45, 7) is 3.77. The summed E-state index contributed by atoms with van der Waals surface area (Å²) in [6, 6.07) is -0.823. The Balaban J connectivity index is 2.31. The van der Waals surface area contributed by atoms with Crippen LogP contribution in [0.5, 0.6) is 0 Å². The molecule has 0 saturated carbocycles. The largest absolute Gasteiger partial charge is 0.394 e. The minimum absolute atomic E-state index is 0.190. The number of nitrogens with one attached hydrogen (secondary N) is 1. The Morgan fingerprint density at radius 3 is 1.35 bits per heavy atom. The molecule has 1 aliphatic rings. The lowest BCUT2D eigenvalue weighted by Crippen LogP contribution is -2.60. The van der Waals surface area contributed by atoms with Crippen LogP contribution in [0.4, 0.5) is 0 Å². The zero-order valence-electron chi connectivity index (χ0n) is 40.1. The molecule has 1 aliphatic heterocycles. The molecule has 9 nitrogen and oxygen atoms in total. The highest BCUT2D eigenvalue weighted by atomic mass is 16.7. The van der Waals surface area contributed by atoms with Gasteiger partial charge < -0.3 is 40.3 Å². The van der Waals surface area contributed by atoms with Gasteiger partial charge >= 0.3 is 0 Å². The number of rotatable bonds is 44. The third-order valence-corrected chi connectivity index (χ3v) is 12.4. The second kappa shape index (κ2) is 43.3. The maximum absolute atomic E-state index is 13.0. The maximum Gasteiger partial charge on any atom is 0.220 e. The Hall–Kier alpha value is -1.59. The predicted molar refractivity (Wildman–Crippen MR) is 258 cm³/mol. The Morgan fingerprint density at radius 1 is 0.532 bits per heavy atom. The van der Waals surface area contributed by atoms with Crippen LogP contribution in [0.15, 0.2) is 36.5 Å². The SMILES string of the molecule is CCCCCCCCCCCC/C=C\CCCCCCCCCC(=O)NC(COC1OC(CO)C(O)C(O)C1O)C(O)/C=C/CC/C=C/CCCCCCCCCCCCCC. The first-order chi connectivity index (χ1) is 30.3. The molecular formula is C53H99NO8. The molecule has 0 bridgehead atoms. The van der Waals surface area contributed by atoms with Crippen molar-refractivity contribution in [2.45, 2.75) is 281 Å². The van der Waals surface area contributed by atoms with Crippen LogP contribution >= 0.6 is 0 Å². The first-order valence-electron chi connectivity index (χ1n) is 26.2. The summed E-state index contributed by atoms with van der Waals surface area (Å²) < 4.78 is 11.2. The minimum Gasteiger partial charge on any atom is -0.394 e. The van der Waals surface area contributed by atoms with Crippen molar-refractivity contribution in [2.75, 3.05) is 13.2 Å². The summed E-state index contributed by atoms with van der Waals surface area (Å²) in [7, 11) is 0. The van der Waals surface area contributed by atoms with Crippen LogP contribution in [-0.4, -0.2) is 87.5 Å². The maximum atomic E-state index is 13.0. The van der Waals surface area contributed by atoms with Gasteiger partial charge in [-0.1, -0.05) is 211 Å². The zero-order chi connectivity index (χ0) is 45.1. The minimum atomic E-state index is -1.57. The highest BCUT2D eigenvalue weighted by Crippen LogP contribution is 2.23. The third-order valence-electron chi connectivity index (χ3n) is 12.4. The molecular weight excluding hydrogens is 779 g/mol. The van der Waals surface area contributed by atoms with E-state index in [-0.39, 0.29) is 12.5 Å². The van der Waals surface area contributed by atoms with Crippen LogP contribution in [0.3, 0.4) is 0 Å². The standard InChI is InChI=1S/C53H99NO8/c1-3-5-7-9-11-13-15-17-19-21-23-24-25-27-29-31-33-35-37-39-41-43-49(57)54-46(45-61-53-52(60)51(59)50(58)48(44-55)62-53)47(56)42-40-38-36-34-32-30-28-26-22-20-18-16-14-12-10-8-6-4-2/h24-25,32,34,40,42,46-48,50-53,55-56,58-60H,3-23,26-31,33,35-39,41,43-45H2,1-2H3,(H,54,57)/b25-24-,34-32+,42-40+. The fourth-order valence-corrected chi connectivity index (χ4v) is 8.23. The molecule has 0 aromatic heterocycles. The van der Waals surface area contributed by atoms with Gasteiger partial charge in [-0.3, -0.25) is 4.79 Å². The number of hydrogen-bond acceptors (Lipinski definition) is 8. The molecule has 0 aromatic carbocycles. The lowest BCUT2D eigenvalue weighted by Gasteiger charge is -2.40. The molecule has 1 heterocycles. The van der Waals surface area contributed by atoms with Crippen molar-refractivity contribution in [1.29, 1.82) is 0 Å². The third kappa shape index (κ3) is 33.0. The molecule has 9 heteroatoms. The topological polar surface area (TPSA) is 149 Å². The number of carbonyl (C=O) groups excluding carboxylic acids is 1. The summed E-state index contributed by atoms with van der Waals surface area (Å²) >= 11 is 0. The molecule has 0 aliphatic carbocycles. The summed E-state index contributed by atoms with van der Waals surface area (Å²) in [4.78, 5) is 13.0. The summed E-state index contributed by atoms with van der Waals surface area (Å²) in [5.74, 6) is -0.190. The molecule has 62 heavy (non-hydrogen) atoms. The van der Waals surface area contributed by atoms with Gasteiger partial charge in [0.25, 0.3) is 0 Å². The Kier molecular flexibility index (Phi) is 40.8. The van der Waals surface area contributed by atoms with Crippen LogP contribution in [0.2, 0.25) is 0 Å². The lowest BCUT2D eigenvalue weighted by molar-refractivity contribution is -0.302. The van der Waals surface area contributed by atoms with Crippen LogP contribution < -0.4 is 5.32 Å². The number of carbonyl (C=O) groups is 1. The van der Waals surface area contributed by atoms with Gasteiger partial charge in [0.1, 0.15) is 24.4 Å². The van der Waals surface area contributed by atoms with Crippen molar-refractivity contribution in [3.63, 3.8) is 0 Å². The number of aliphatic hydroxyl groups excluding tert-OH is 5. The lowest BCUT2D eigenvalue weighted by atomic mass is 9.99. The number of unbranched alkanes of at least 4 members (excludes halogenated alkanes) is 30. The molecule has 1 fully saturated rings. The Labute approximate surface area is 381 Å². The highest BCUT2D eigenvalue weighted by Gasteiger charge is 2.44. The monoisotopic (exact) mass is 878 g/mol.